The highest BCUT2D eigenvalue weighted by atomic mass is 35.5. The minimum Gasteiger partial charge on any atom is -0.274 e. The van der Waals surface area contributed by atoms with E-state index < -0.39 is 0 Å². The van der Waals surface area contributed by atoms with Gasteiger partial charge in [-0.3, -0.25) is 9.36 Å². The second-order valence-electron chi connectivity index (χ2n) is 5.78. The summed E-state index contributed by atoms with van der Waals surface area (Å²) in [5.74, 6) is 0. The monoisotopic (exact) mass is 434 g/mol. The van der Waals surface area contributed by atoms with Gasteiger partial charge in [-0.1, -0.05) is 70.7 Å². The Morgan fingerprint density at radius 1 is 0.778 bits per heavy atom. The third-order valence-electron chi connectivity index (χ3n) is 4.15. The molecular weight excluding hydrogens is 426 g/mol. The first-order valence-electron chi connectivity index (χ1n) is 7.89. The van der Waals surface area contributed by atoms with Gasteiger partial charge in [0, 0.05) is 28.1 Å². The lowest BCUT2D eigenvalue weighted by Crippen LogP contribution is -2.18. The van der Waals surface area contributed by atoms with E-state index in [4.69, 9.17) is 46.4 Å². The molecule has 0 aliphatic carbocycles. The molecule has 2 aromatic carbocycles. The summed E-state index contributed by atoms with van der Waals surface area (Å²) in [6.45, 7) is 0. The summed E-state index contributed by atoms with van der Waals surface area (Å²) < 4.78 is 1.44. The quantitative estimate of drug-likeness (QED) is 0.329. The van der Waals surface area contributed by atoms with Gasteiger partial charge in [0.15, 0.2) is 0 Å². The van der Waals surface area contributed by atoms with Gasteiger partial charge in [-0.15, -0.1) is 0 Å². The summed E-state index contributed by atoms with van der Waals surface area (Å²) >= 11 is 25.3. The lowest BCUT2D eigenvalue weighted by atomic mass is 10.1. The van der Waals surface area contributed by atoms with Gasteiger partial charge in [0.2, 0.25) is 0 Å². The van der Waals surface area contributed by atoms with Crippen molar-refractivity contribution in [2.45, 2.75) is 0 Å². The minimum absolute atomic E-state index is 0.222. The maximum absolute atomic E-state index is 12.7. The topological polar surface area (TPSA) is 34.9 Å². The molecule has 0 aliphatic heterocycles. The van der Waals surface area contributed by atoms with Gasteiger partial charge in [0.05, 0.1) is 26.9 Å². The molecule has 7 heteroatoms. The van der Waals surface area contributed by atoms with Crippen molar-refractivity contribution in [3.8, 4) is 16.9 Å². The molecular formula is C20H10Cl4N2O. The molecule has 134 valence electrons. The maximum Gasteiger partial charge on any atom is 0.255 e. The fourth-order valence-corrected chi connectivity index (χ4v) is 3.98. The molecule has 3 nitrogen and oxygen atoms in total. The first-order chi connectivity index (χ1) is 13.0. The van der Waals surface area contributed by atoms with Crippen LogP contribution in [0.25, 0.3) is 27.8 Å². The van der Waals surface area contributed by atoms with E-state index in [2.05, 4.69) is 4.98 Å². The number of benzene rings is 2. The Morgan fingerprint density at radius 3 is 2.15 bits per heavy atom. The van der Waals surface area contributed by atoms with Crippen LogP contribution in [-0.2, 0) is 0 Å². The number of halogens is 4. The number of rotatable bonds is 2. The number of pyridine rings is 2. The number of aromatic nitrogens is 2. The average molecular weight is 436 g/mol. The fourth-order valence-electron chi connectivity index (χ4n) is 3.00. The van der Waals surface area contributed by atoms with Crippen molar-refractivity contribution in [1.29, 1.82) is 0 Å². The predicted molar refractivity (Wildman–Crippen MR) is 113 cm³/mol. The third kappa shape index (κ3) is 3.21. The molecule has 0 aliphatic rings. The van der Waals surface area contributed by atoms with E-state index >= 15 is 0 Å². The van der Waals surface area contributed by atoms with Crippen LogP contribution >= 0.6 is 46.4 Å². The average Bonchev–Trinajstić information content (AvgIpc) is 2.63. The van der Waals surface area contributed by atoms with E-state index in [1.165, 1.54) is 10.6 Å². The Morgan fingerprint density at radius 2 is 1.44 bits per heavy atom. The van der Waals surface area contributed by atoms with Crippen LogP contribution in [0.4, 0.5) is 0 Å². The smallest absolute Gasteiger partial charge is 0.255 e. The van der Waals surface area contributed by atoms with Gasteiger partial charge < -0.3 is 0 Å². The van der Waals surface area contributed by atoms with Gasteiger partial charge in [0.25, 0.3) is 5.56 Å². The Bertz CT molecular complexity index is 1230. The normalized spacial score (nSPS) is 11.1. The van der Waals surface area contributed by atoms with Crippen LogP contribution in [0.2, 0.25) is 20.2 Å². The zero-order valence-electron chi connectivity index (χ0n) is 13.6. The zero-order chi connectivity index (χ0) is 19.1. The SMILES string of the molecule is O=c1ccc2c(-c3ccccc3Cl)nc(Cl)cc2n1-c1c(Cl)cccc1Cl. The first-order valence-corrected chi connectivity index (χ1v) is 9.40. The van der Waals surface area contributed by atoms with Gasteiger partial charge in [-0.05, 0) is 24.3 Å². The Labute approximate surface area is 174 Å². The summed E-state index contributed by atoms with van der Waals surface area (Å²) in [5.41, 5.74) is 1.92. The number of hydrogen-bond acceptors (Lipinski definition) is 2. The molecule has 0 atom stereocenters. The fraction of sp³-hybridized carbons (Fsp3) is 0. The molecule has 4 rings (SSSR count). The van der Waals surface area contributed by atoms with E-state index in [0.717, 1.165) is 0 Å². The largest absolute Gasteiger partial charge is 0.274 e. The van der Waals surface area contributed by atoms with Gasteiger partial charge in [-0.2, -0.15) is 0 Å². The number of para-hydroxylation sites is 1. The molecule has 27 heavy (non-hydrogen) atoms. The van der Waals surface area contributed by atoms with E-state index in [1.54, 1.807) is 36.4 Å². The Hall–Kier alpha value is -2.04. The van der Waals surface area contributed by atoms with Crippen molar-refractivity contribution in [3.05, 3.63) is 91.2 Å². The molecule has 0 amide bonds. The highest BCUT2D eigenvalue weighted by Gasteiger charge is 2.17. The zero-order valence-corrected chi connectivity index (χ0v) is 16.6. The molecule has 0 unspecified atom stereocenters. The van der Waals surface area contributed by atoms with Crippen LogP contribution in [0, 0.1) is 0 Å². The van der Waals surface area contributed by atoms with Crippen LogP contribution in [0.3, 0.4) is 0 Å². The Balaban J connectivity index is 2.16. The molecule has 0 N–H and O–H groups in total. The van der Waals surface area contributed by atoms with Gasteiger partial charge in [0.1, 0.15) is 5.15 Å². The van der Waals surface area contributed by atoms with Crippen molar-refractivity contribution in [2.24, 2.45) is 0 Å². The second-order valence-corrected chi connectivity index (χ2v) is 7.39. The summed E-state index contributed by atoms with van der Waals surface area (Å²) in [4.78, 5) is 17.2. The predicted octanol–water partition coefficient (Wildman–Crippen LogP) is 6.67. The van der Waals surface area contributed by atoms with Crippen molar-refractivity contribution in [3.63, 3.8) is 0 Å². The molecule has 2 heterocycles. The molecule has 2 aromatic heterocycles. The summed E-state index contributed by atoms with van der Waals surface area (Å²) in [5, 5.41) is 2.15. The van der Waals surface area contributed by atoms with E-state index in [-0.39, 0.29) is 10.7 Å². The maximum atomic E-state index is 12.7. The van der Waals surface area contributed by atoms with Crippen LogP contribution in [0.15, 0.2) is 65.5 Å². The highest BCUT2D eigenvalue weighted by molar-refractivity contribution is 6.38. The van der Waals surface area contributed by atoms with Crippen molar-refractivity contribution >= 4 is 57.3 Å². The summed E-state index contributed by atoms with van der Waals surface area (Å²) in [7, 11) is 0. The highest BCUT2D eigenvalue weighted by Crippen LogP contribution is 2.35. The van der Waals surface area contributed by atoms with E-state index in [9.17, 15) is 4.79 Å². The molecule has 0 spiro atoms. The van der Waals surface area contributed by atoms with Gasteiger partial charge in [-0.25, -0.2) is 4.98 Å². The van der Waals surface area contributed by atoms with E-state index in [1.807, 2.05) is 18.2 Å². The first kappa shape index (κ1) is 18.3. The lowest BCUT2D eigenvalue weighted by molar-refractivity contribution is 1.04. The molecule has 4 aromatic rings. The molecule has 0 saturated carbocycles. The molecule has 0 bridgehead atoms. The van der Waals surface area contributed by atoms with Crippen molar-refractivity contribution < 1.29 is 0 Å². The third-order valence-corrected chi connectivity index (χ3v) is 5.28. The molecule has 0 fully saturated rings. The van der Waals surface area contributed by atoms with Crippen LogP contribution in [0.5, 0.6) is 0 Å². The number of nitrogens with zero attached hydrogens (tertiary/aromatic N) is 2. The van der Waals surface area contributed by atoms with Gasteiger partial charge >= 0.3 is 0 Å². The summed E-state index contributed by atoms with van der Waals surface area (Å²) in [6, 6.07) is 17.1. The summed E-state index contributed by atoms with van der Waals surface area (Å²) in [6.07, 6.45) is 0. The van der Waals surface area contributed by atoms with Crippen molar-refractivity contribution in [2.75, 3.05) is 0 Å². The molecule has 0 radical (unpaired) electrons. The lowest BCUT2D eigenvalue weighted by Gasteiger charge is -2.15. The standard InChI is InChI=1S/C20H10Cl4N2O/c21-13-5-2-1-4-11(13)19-12-8-9-18(27)26(16(12)10-17(24)25-19)20-14(22)6-3-7-15(20)23/h1-10H. The second kappa shape index (κ2) is 7.17. The van der Waals surface area contributed by atoms with E-state index in [0.29, 0.717) is 42.9 Å². The number of fused-ring (bicyclic) bond motifs is 1. The van der Waals surface area contributed by atoms with Crippen molar-refractivity contribution in [1.82, 2.24) is 9.55 Å². The molecule has 0 saturated heterocycles. The number of hydrogen-bond donors (Lipinski definition) is 0. The van der Waals surface area contributed by atoms with Crippen LogP contribution < -0.4 is 5.56 Å². The van der Waals surface area contributed by atoms with Crippen LogP contribution in [0.1, 0.15) is 0 Å². The van der Waals surface area contributed by atoms with Crippen LogP contribution in [-0.4, -0.2) is 9.55 Å². The minimum atomic E-state index is -0.287. The Kier molecular flexibility index (Phi) is 4.87.